The minimum absolute atomic E-state index is 0. The van der Waals surface area contributed by atoms with E-state index in [-0.39, 0.29) is 30.4 Å². The maximum absolute atomic E-state index is 13.0. The number of rotatable bonds is 2. The van der Waals surface area contributed by atoms with Crippen molar-refractivity contribution in [1.29, 1.82) is 0 Å². The Morgan fingerprint density at radius 2 is 1.79 bits per heavy atom. The fourth-order valence-corrected chi connectivity index (χ4v) is 1.05. The first-order chi connectivity index (χ1) is 6.07. The van der Waals surface area contributed by atoms with Crippen molar-refractivity contribution in [3.63, 3.8) is 0 Å². The van der Waals surface area contributed by atoms with Crippen molar-refractivity contribution in [1.82, 2.24) is 0 Å². The predicted octanol–water partition coefficient (Wildman–Crippen LogP) is 2.59. The fraction of sp³-hybridized carbons (Fsp3) is 0.333. The van der Waals surface area contributed by atoms with Crippen LogP contribution in [0.3, 0.4) is 0 Å². The first kappa shape index (κ1) is 13.3. The summed E-state index contributed by atoms with van der Waals surface area (Å²) in [6.07, 6.45) is 0. The van der Waals surface area contributed by atoms with Gasteiger partial charge in [0.1, 0.15) is 0 Å². The summed E-state index contributed by atoms with van der Waals surface area (Å²) < 4.78 is 38.2. The van der Waals surface area contributed by atoms with Gasteiger partial charge in [0.05, 0.1) is 0 Å². The van der Waals surface area contributed by atoms with Crippen LogP contribution >= 0.6 is 12.4 Å². The van der Waals surface area contributed by atoms with Gasteiger partial charge < -0.3 is 5.73 Å². The molecule has 0 heterocycles. The largest absolute Gasteiger partial charge is 0.330 e. The zero-order valence-electron chi connectivity index (χ0n) is 7.56. The third-order valence-corrected chi connectivity index (χ3v) is 1.95. The van der Waals surface area contributed by atoms with Gasteiger partial charge in [-0.25, -0.2) is 13.2 Å². The van der Waals surface area contributed by atoms with Crippen LogP contribution in [0.4, 0.5) is 13.2 Å². The molecule has 1 rings (SSSR count). The van der Waals surface area contributed by atoms with Crippen molar-refractivity contribution in [3.05, 3.63) is 35.1 Å². The van der Waals surface area contributed by atoms with E-state index in [1.54, 1.807) is 6.92 Å². The van der Waals surface area contributed by atoms with Gasteiger partial charge in [-0.3, -0.25) is 0 Å². The summed E-state index contributed by atoms with van der Waals surface area (Å²) in [6.45, 7) is 1.84. The molecule has 1 nitrogen and oxygen atoms in total. The first-order valence-electron chi connectivity index (χ1n) is 3.91. The topological polar surface area (TPSA) is 26.0 Å². The minimum Gasteiger partial charge on any atom is -0.330 e. The molecule has 0 saturated heterocycles. The third-order valence-electron chi connectivity index (χ3n) is 1.95. The second-order valence-electron chi connectivity index (χ2n) is 2.90. The van der Waals surface area contributed by atoms with Gasteiger partial charge >= 0.3 is 0 Å². The van der Waals surface area contributed by atoms with Gasteiger partial charge in [-0.2, -0.15) is 0 Å². The standard InChI is InChI=1S/C9H10F3N.ClH/c1-5(4-13)6-2-3-7(10)9(12)8(6)11;/h2-3,5H,4,13H2,1H3;1H. The Morgan fingerprint density at radius 1 is 1.21 bits per heavy atom. The normalized spacial score (nSPS) is 12.1. The van der Waals surface area contributed by atoms with Gasteiger partial charge in [0.25, 0.3) is 0 Å². The summed E-state index contributed by atoms with van der Waals surface area (Å²) in [5.41, 5.74) is 5.39. The Labute approximate surface area is 86.5 Å². The van der Waals surface area contributed by atoms with Crippen LogP contribution in [-0.2, 0) is 0 Å². The molecule has 5 heteroatoms. The second-order valence-corrected chi connectivity index (χ2v) is 2.90. The number of hydrogen-bond donors (Lipinski definition) is 1. The van der Waals surface area contributed by atoms with E-state index >= 15 is 0 Å². The molecule has 1 atom stereocenters. The average molecular weight is 226 g/mol. The van der Waals surface area contributed by atoms with E-state index in [4.69, 9.17) is 5.73 Å². The number of hydrogen-bond acceptors (Lipinski definition) is 1. The Balaban J connectivity index is 0.00000169. The highest BCUT2D eigenvalue weighted by Gasteiger charge is 2.16. The van der Waals surface area contributed by atoms with Crippen molar-refractivity contribution in [2.24, 2.45) is 5.73 Å². The monoisotopic (exact) mass is 225 g/mol. The van der Waals surface area contributed by atoms with Crippen LogP contribution in [0, 0.1) is 17.5 Å². The molecule has 0 aliphatic rings. The van der Waals surface area contributed by atoms with E-state index < -0.39 is 17.5 Å². The van der Waals surface area contributed by atoms with E-state index in [9.17, 15) is 13.2 Å². The zero-order chi connectivity index (χ0) is 10.0. The van der Waals surface area contributed by atoms with Gasteiger partial charge in [0, 0.05) is 0 Å². The van der Waals surface area contributed by atoms with Crippen molar-refractivity contribution < 1.29 is 13.2 Å². The smallest absolute Gasteiger partial charge is 0.194 e. The molecule has 14 heavy (non-hydrogen) atoms. The molecule has 0 fully saturated rings. The highest BCUT2D eigenvalue weighted by atomic mass is 35.5. The van der Waals surface area contributed by atoms with Gasteiger partial charge in [-0.1, -0.05) is 13.0 Å². The molecule has 80 valence electrons. The van der Waals surface area contributed by atoms with Crippen molar-refractivity contribution in [3.8, 4) is 0 Å². The molecule has 1 unspecified atom stereocenters. The Bertz CT molecular complexity index is 317. The molecular weight excluding hydrogens is 215 g/mol. The summed E-state index contributed by atoms with van der Waals surface area (Å²) >= 11 is 0. The van der Waals surface area contributed by atoms with E-state index in [1.807, 2.05) is 0 Å². The fourth-order valence-electron chi connectivity index (χ4n) is 1.05. The average Bonchev–Trinajstić information content (AvgIpc) is 2.13. The van der Waals surface area contributed by atoms with E-state index in [1.165, 1.54) is 6.07 Å². The number of benzene rings is 1. The van der Waals surface area contributed by atoms with Gasteiger partial charge in [-0.05, 0) is 24.1 Å². The van der Waals surface area contributed by atoms with E-state index in [0.717, 1.165) is 6.07 Å². The molecule has 0 spiro atoms. The van der Waals surface area contributed by atoms with Gasteiger partial charge in [0.2, 0.25) is 0 Å². The molecule has 1 aromatic rings. The lowest BCUT2D eigenvalue weighted by atomic mass is 10.0. The summed E-state index contributed by atoms with van der Waals surface area (Å²) in [5, 5.41) is 0. The lowest BCUT2D eigenvalue weighted by Crippen LogP contribution is -2.11. The quantitative estimate of drug-likeness (QED) is 0.770. The van der Waals surface area contributed by atoms with Crippen molar-refractivity contribution in [2.75, 3.05) is 6.54 Å². The summed E-state index contributed by atoms with van der Waals surface area (Å²) in [4.78, 5) is 0. The summed E-state index contributed by atoms with van der Waals surface area (Å²) in [7, 11) is 0. The lowest BCUT2D eigenvalue weighted by molar-refractivity contribution is 0.437. The highest BCUT2D eigenvalue weighted by molar-refractivity contribution is 5.85. The maximum atomic E-state index is 13.0. The van der Waals surface area contributed by atoms with E-state index in [2.05, 4.69) is 0 Å². The lowest BCUT2D eigenvalue weighted by Gasteiger charge is -2.10. The second kappa shape index (κ2) is 5.22. The predicted molar refractivity (Wildman–Crippen MR) is 51.0 cm³/mol. The Morgan fingerprint density at radius 3 is 2.29 bits per heavy atom. The molecule has 0 radical (unpaired) electrons. The van der Waals surface area contributed by atoms with Crippen LogP contribution in [0.2, 0.25) is 0 Å². The molecule has 0 saturated carbocycles. The molecule has 0 aliphatic carbocycles. The van der Waals surface area contributed by atoms with Crippen LogP contribution in [0.25, 0.3) is 0 Å². The van der Waals surface area contributed by atoms with Crippen molar-refractivity contribution >= 4 is 12.4 Å². The minimum atomic E-state index is -1.43. The maximum Gasteiger partial charge on any atom is 0.194 e. The first-order valence-corrected chi connectivity index (χ1v) is 3.91. The van der Waals surface area contributed by atoms with Crippen LogP contribution in [-0.4, -0.2) is 6.54 Å². The summed E-state index contributed by atoms with van der Waals surface area (Å²) in [5.74, 6) is -4.06. The number of halogens is 4. The SMILES string of the molecule is CC(CN)c1ccc(F)c(F)c1F.Cl. The van der Waals surface area contributed by atoms with Gasteiger partial charge in [-0.15, -0.1) is 12.4 Å². The molecule has 2 N–H and O–H groups in total. The zero-order valence-corrected chi connectivity index (χ0v) is 8.38. The van der Waals surface area contributed by atoms with Crippen LogP contribution in [0.15, 0.2) is 12.1 Å². The molecule has 0 bridgehead atoms. The molecule has 0 amide bonds. The van der Waals surface area contributed by atoms with E-state index in [0.29, 0.717) is 0 Å². The Hall–Kier alpha value is -0.740. The summed E-state index contributed by atoms with van der Waals surface area (Å²) in [6, 6.07) is 2.12. The molecule has 0 aliphatic heterocycles. The third kappa shape index (κ3) is 2.39. The van der Waals surface area contributed by atoms with Crippen LogP contribution in [0.1, 0.15) is 18.4 Å². The molecule has 1 aromatic carbocycles. The van der Waals surface area contributed by atoms with Crippen LogP contribution < -0.4 is 5.73 Å². The van der Waals surface area contributed by atoms with Gasteiger partial charge in [0.15, 0.2) is 17.5 Å². The van der Waals surface area contributed by atoms with Crippen molar-refractivity contribution in [2.45, 2.75) is 12.8 Å². The van der Waals surface area contributed by atoms with Crippen LogP contribution in [0.5, 0.6) is 0 Å². The molecule has 0 aromatic heterocycles. The number of nitrogens with two attached hydrogens (primary N) is 1. The Kier molecular flexibility index (Phi) is 4.94. The highest BCUT2D eigenvalue weighted by Crippen LogP contribution is 2.21. The molecular formula is C9H11ClF3N.